The Balaban J connectivity index is 2.08. The van der Waals surface area contributed by atoms with Crippen LogP contribution in [0.3, 0.4) is 0 Å². The molecule has 2 N–H and O–H groups in total. The first-order chi connectivity index (χ1) is 12.2. The van der Waals surface area contributed by atoms with Crippen LogP contribution in [0.2, 0.25) is 0 Å². The number of benzene rings is 1. The molecule has 0 aliphatic rings. The van der Waals surface area contributed by atoms with E-state index in [0.717, 1.165) is 34.9 Å². The molecule has 25 heavy (non-hydrogen) atoms. The van der Waals surface area contributed by atoms with Crippen molar-refractivity contribution in [3.8, 4) is 5.75 Å². The predicted octanol–water partition coefficient (Wildman–Crippen LogP) is 3.25. The Labute approximate surface area is 148 Å². The highest BCUT2D eigenvalue weighted by Crippen LogP contribution is 2.18. The van der Waals surface area contributed by atoms with E-state index in [4.69, 9.17) is 9.84 Å². The lowest BCUT2D eigenvalue weighted by Gasteiger charge is -2.08. The van der Waals surface area contributed by atoms with Crippen molar-refractivity contribution in [1.29, 1.82) is 0 Å². The van der Waals surface area contributed by atoms with Crippen molar-refractivity contribution in [2.75, 3.05) is 19.0 Å². The minimum Gasteiger partial charge on any atom is -0.497 e. The number of ether oxygens (including phenoxy) is 1. The summed E-state index contributed by atoms with van der Waals surface area (Å²) in [5.41, 5.74) is 3.57. The quantitative estimate of drug-likeness (QED) is 0.686. The molecule has 1 aromatic heterocycles. The maximum atomic E-state index is 8.87. The average Bonchev–Trinajstić information content (AvgIpc) is 3.12. The summed E-state index contributed by atoms with van der Waals surface area (Å²) in [7, 11) is 1.64. The molecule has 0 aliphatic carbocycles. The number of hydrogen-bond donors (Lipinski definition) is 2. The summed E-state index contributed by atoms with van der Waals surface area (Å²) in [5.74, 6) is 0.790. The van der Waals surface area contributed by atoms with Crippen molar-refractivity contribution in [1.82, 2.24) is 15.0 Å². The summed E-state index contributed by atoms with van der Waals surface area (Å²) < 4.78 is 6.94. The standard InChI is InChI=1S/C19H24N4O2/c1-4-16(20-17-7-5-9-19(13-17)25-3)11-10-15(2)23-14-18(21-22-23)8-6-12-24/h4-5,7,9-11,13-14,20,24H,1,6,8,12H2,2-3H3/b15-10+,16-11+. The Morgan fingerprint density at radius 3 is 2.96 bits per heavy atom. The molecule has 0 atom stereocenters. The Kier molecular flexibility index (Phi) is 6.98. The molecule has 6 nitrogen and oxygen atoms in total. The predicted molar refractivity (Wildman–Crippen MR) is 100 cm³/mol. The van der Waals surface area contributed by atoms with Crippen LogP contribution in [0.25, 0.3) is 5.70 Å². The maximum absolute atomic E-state index is 8.87. The van der Waals surface area contributed by atoms with E-state index in [1.165, 1.54) is 0 Å². The van der Waals surface area contributed by atoms with Gasteiger partial charge in [0.1, 0.15) is 5.75 Å². The zero-order valence-electron chi connectivity index (χ0n) is 14.6. The number of nitrogens with zero attached hydrogens (tertiary/aromatic N) is 3. The third-order valence-corrected chi connectivity index (χ3v) is 3.58. The average molecular weight is 340 g/mol. The highest BCUT2D eigenvalue weighted by Gasteiger charge is 2.02. The van der Waals surface area contributed by atoms with E-state index >= 15 is 0 Å². The van der Waals surface area contributed by atoms with Gasteiger partial charge in [-0.25, -0.2) is 4.68 Å². The number of allylic oxidation sites excluding steroid dienone is 4. The molecule has 0 spiro atoms. The van der Waals surface area contributed by atoms with E-state index in [1.807, 2.05) is 49.5 Å². The van der Waals surface area contributed by atoms with Gasteiger partial charge in [-0.3, -0.25) is 0 Å². The van der Waals surface area contributed by atoms with Gasteiger partial charge in [-0.05, 0) is 50.1 Å². The number of aromatic nitrogens is 3. The number of nitrogens with one attached hydrogen (secondary N) is 1. The summed E-state index contributed by atoms with van der Waals surface area (Å²) in [6.07, 6.45) is 8.89. The van der Waals surface area contributed by atoms with Crippen LogP contribution in [0.1, 0.15) is 19.0 Å². The molecular formula is C19H24N4O2. The molecule has 0 unspecified atom stereocenters. The molecule has 0 saturated carbocycles. The van der Waals surface area contributed by atoms with E-state index in [1.54, 1.807) is 17.9 Å². The third-order valence-electron chi connectivity index (χ3n) is 3.58. The van der Waals surface area contributed by atoms with Crippen LogP contribution >= 0.6 is 0 Å². The van der Waals surface area contributed by atoms with Gasteiger partial charge in [-0.2, -0.15) is 0 Å². The van der Waals surface area contributed by atoms with Crippen LogP contribution in [0, 0.1) is 0 Å². The van der Waals surface area contributed by atoms with Crippen molar-refractivity contribution in [3.63, 3.8) is 0 Å². The second-order valence-electron chi connectivity index (χ2n) is 5.47. The topological polar surface area (TPSA) is 72.2 Å². The molecule has 0 fully saturated rings. The minimum absolute atomic E-state index is 0.156. The van der Waals surface area contributed by atoms with Gasteiger partial charge in [0.2, 0.25) is 0 Å². The third kappa shape index (κ3) is 5.61. The molecule has 0 saturated heterocycles. The van der Waals surface area contributed by atoms with Crippen molar-refractivity contribution >= 4 is 11.4 Å². The molecule has 2 rings (SSSR count). The summed E-state index contributed by atoms with van der Waals surface area (Å²) in [5, 5.41) is 20.4. The van der Waals surface area contributed by atoms with E-state index in [-0.39, 0.29) is 6.61 Å². The molecule has 0 aliphatic heterocycles. The Bertz CT molecular complexity index is 762. The lowest BCUT2D eigenvalue weighted by atomic mass is 10.2. The number of hydrogen-bond acceptors (Lipinski definition) is 5. The van der Waals surface area contributed by atoms with E-state index in [2.05, 4.69) is 22.2 Å². The minimum atomic E-state index is 0.156. The van der Waals surface area contributed by atoms with Gasteiger partial charge in [0.05, 0.1) is 19.0 Å². The van der Waals surface area contributed by atoms with Crippen LogP contribution < -0.4 is 10.1 Å². The fraction of sp³-hybridized carbons (Fsp3) is 0.263. The molecule has 0 amide bonds. The first-order valence-electron chi connectivity index (χ1n) is 8.11. The SMILES string of the molecule is C=C/C(=C\C=C(/C)n1cc(CCCO)nn1)Nc1cccc(OC)c1. The monoisotopic (exact) mass is 340 g/mol. The number of methoxy groups -OCH3 is 1. The fourth-order valence-corrected chi connectivity index (χ4v) is 2.16. The molecular weight excluding hydrogens is 316 g/mol. The number of anilines is 1. The molecule has 2 aromatic rings. The van der Waals surface area contributed by atoms with Crippen molar-refractivity contribution in [2.24, 2.45) is 0 Å². The van der Waals surface area contributed by atoms with Gasteiger partial charge in [-0.1, -0.05) is 17.9 Å². The maximum Gasteiger partial charge on any atom is 0.120 e. The van der Waals surface area contributed by atoms with Crippen molar-refractivity contribution in [2.45, 2.75) is 19.8 Å². The second-order valence-corrected chi connectivity index (χ2v) is 5.47. The Morgan fingerprint density at radius 2 is 2.24 bits per heavy atom. The summed E-state index contributed by atoms with van der Waals surface area (Å²) in [6, 6.07) is 7.69. The molecule has 1 aromatic carbocycles. The highest BCUT2D eigenvalue weighted by molar-refractivity contribution is 5.55. The molecule has 132 valence electrons. The fourth-order valence-electron chi connectivity index (χ4n) is 2.16. The number of aryl methyl sites for hydroxylation is 1. The van der Waals surface area contributed by atoms with E-state index in [9.17, 15) is 0 Å². The van der Waals surface area contributed by atoms with E-state index < -0.39 is 0 Å². The summed E-state index contributed by atoms with van der Waals surface area (Å²) in [4.78, 5) is 0. The number of aliphatic hydroxyl groups excluding tert-OH is 1. The number of aliphatic hydroxyl groups is 1. The Morgan fingerprint density at radius 1 is 1.40 bits per heavy atom. The lowest BCUT2D eigenvalue weighted by Crippen LogP contribution is -1.98. The van der Waals surface area contributed by atoms with Crippen LogP contribution in [0.15, 0.2) is 61.0 Å². The van der Waals surface area contributed by atoms with Crippen LogP contribution in [0.4, 0.5) is 5.69 Å². The van der Waals surface area contributed by atoms with E-state index in [0.29, 0.717) is 6.42 Å². The molecule has 6 heteroatoms. The van der Waals surface area contributed by atoms with Gasteiger partial charge >= 0.3 is 0 Å². The van der Waals surface area contributed by atoms with Gasteiger partial charge in [0.25, 0.3) is 0 Å². The first kappa shape index (κ1) is 18.5. The van der Waals surface area contributed by atoms with Crippen molar-refractivity contribution < 1.29 is 9.84 Å². The zero-order valence-corrected chi connectivity index (χ0v) is 14.6. The molecule has 0 radical (unpaired) electrons. The number of rotatable bonds is 9. The first-order valence-corrected chi connectivity index (χ1v) is 8.11. The molecule has 0 bridgehead atoms. The summed E-state index contributed by atoms with van der Waals surface area (Å²) >= 11 is 0. The zero-order chi connectivity index (χ0) is 18.1. The van der Waals surface area contributed by atoms with Crippen LogP contribution in [0.5, 0.6) is 5.75 Å². The smallest absolute Gasteiger partial charge is 0.120 e. The highest BCUT2D eigenvalue weighted by atomic mass is 16.5. The molecule has 1 heterocycles. The normalized spacial score (nSPS) is 12.1. The lowest BCUT2D eigenvalue weighted by molar-refractivity contribution is 0.288. The van der Waals surface area contributed by atoms with Gasteiger partial charge in [0.15, 0.2) is 0 Å². The second kappa shape index (κ2) is 9.44. The summed E-state index contributed by atoms with van der Waals surface area (Å²) in [6.45, 7) is 5.95. The van der Waals surface area contributed by atoms with Gasteiger partial charge in [0, 0.05) is 29.8 Å². The van der Waals surface area contributed by atoms with Crippen LogP contribution in [-0.4, -0.2) is 33.8 Å². The Hall–Kier alpha value is -2.86. The van der Waals surface area contributed by atoms with Gasteiger partial charge < -0.3 is 15.2 Å². The van der Waals surface area contributed by atoms with Gasteiger partial charge in [-0.15, -0.1) is 5.10 Å². The largest absolute Gasteiger partial charge is 0.497 e. The van der Waals surface area contributed by atoms with Crippen LogP contribution in [-0.2, 0) is 6.42 Å². The van der Waals surface area contributed by atoms with Crippen molar-refractivity contribution in [3.05, 3.63) is 66.7 Å².